The fourth-order valence-electron chi connectivity index (χ4n) is 1.69. The molecule has 0 radical (unpaired) electrons. The summed E-state index contributed by atoms with van der Waals surface area (Å²) in [5.74, 6) is -1.60. The number of carbonyl (C=O) groups is 1. The van der Waals surface area contributed by atoms with Crippen LogP contribution in [0.25, 0.3) is 0 Å². The summed E-state index contributed by atoms with van der Waals surface area (Å²) in [7, 11) is -4.43. The zero-order chi connectivity index (χ0) is 16.5. The molecular weight excluding hydrogens is 399 g/mol. The van der Waals surface area contributed by atoms with E-state index in [-0.39, 0.29) is 22.1 Å². The maximum Gasteiger partial charge on any atom is 0.342 e. The fourth-order valence-corrected chi connectivity index (χ4v) is 3.21. The largest absolute Gasteiger partial charge is 0.378 e. The highest BCUT2D eigenvalue weighted by molar-refractivity contribution is 9.10. The molecule has 2 aromatic rings. The van der Waals surface area contributed by atoms with Gasteiger partial charge < -0.3 is 4.18 Å². The number of hydrogen-bond donors (Lipinski definition) is 0. The smallest absolute Gasteiger partial charge is 0.342 e. The lowest BCUT2D eigenvalue weighted by Gasteiger charge is -2.11. The van der Waals surface area contributed by atoms with Crippen LogP contribution in [0.1, 0.15) is 17.3 Å². The van der Waals surface area contributed by atoms with Crippen molar-refractivity contribution in [2.24, 2.45) is 0 Å². The molecule has 0 atom stereocenters. The SMILES string of the molecule is CC(=O)c1cc(Br)ccc1OS(=O)(=O)c1ccc(Cl)cc1F. The lowest BCUT2D eigenvalue weighted by Crippen LogP contribution is -2.13. The molecule has 0 bridgehead atoms. The van der Waals surface area contributed by atoms with Crippen LogP contribution >= 0.6 is 27.5 Å². The summed E-state index contributed by atoms with van der Waals surface area (Å²) in [6.45, 7) is 1.27. The van der Waals surface area contributed by atoms with Crippen LogP contribution in [-0.2, 0) is 10.1 Å². The van der Waals surface area contributed by atoms with Gasteiger partial charge in [0.1, 0.15) is 10.7 Å². The summed E-state index contributed by atoms with van der Waals surface area (Å²) < 4.78 is 43.6. The Kier molecular flexibility index (Phi) is 4.89. The Morgan fingerprint density at radius 3 is 2.50 bits per heavy atom. The number of halogens is 3. The minimum absolute atomic E-state index is 0.0597. The third kappa shape index (κ3) is 3.66. The normalized spacial score (nSPS) is 11.3. The molecule has 0 saturated heterocycles. The third-order valence-corrected chi connectivity index (χ3v) is 4.68. The van der Waals surface area contributed by atoms with E-state index in [1.54, 1.807) is 0 Å². The van der Waals surface area contributed by atoms with Crippen LogP contribution in [0, 0.1) is 5.82 Å². The molecule has 0 saturated carbocycles. The number of benzene rings is 2. The van der Waals surface area contributed by atoms with Crippen molar-refractivity contribution >= 4 is 43.4 Å². The van der Waals surface area contributed by atoms with Gasteiger partial charge in [-0.1, -0.05) is 27.5 Å². The Labute approximate surface area is 140 Å². The molecule has 0 fully saturated rings. The van der Waals surface area contributed by atoms with Crippen LogP contribution in [-0.4, -0.2) is 14.2 Å². The van der Waals surface area contributed by atoms with Gasteiger partial charge in [0.05, 0.1) is 5.56 Å². The van der Waals surface area contributed by atoms with Crippen LogP contribution in [0.3, 0.4) is 0 Å². The molecule has 8 heteroatoms. The molecule has 0 aliphatic heterocycles. The first-order valence-corrected chi connectivity index (χ1v) is 8.48. The first-order valence-electron chi connectivity index (χ1n) is 5.91. The van der Waals surface area contributed by atoms with E-state index in [0.717, 1.165) is 12.1 Å². The Bertz CT molecular complexity index is 852. The van der Waals surface area contributed by atoms with Crippen molar-refractivity contribution in [2.45, 2.75) is 11.8 Å². The van der Waals surface area contributed by atoms with Crippen LogP contribution in [0.15, 0.2) is 45.8 Å². The van der Waals surface area contributed by atoms with Gasteiger partial charge in [0.2, 0.25) is 0 Å². The van der Waals surface area contributed by atoms with Gasteiger partial charge in [-0.3, -0.25) is 4.79 Å². The quantitative estimate of drug-likeness (QED) is 0.563. The maximum atomic E-state index is 13.8. The number of Topliss-reactive ketones (excluding diaryl/α,β-unsaturated/α-hetero) is 1. The van der Waals surface area contributed by atoms with E-state index in [4.69, 9.17) is 15.8 Å². The predicted molar refractivity (Wildman–Crippen MR) is 83.4 cm³/mol. The van der Waals surface area contributed by atoms with Gasteiger partial charge in [0.15, 0.2) is 11.5 Å². The highest BCUT2D eigenvalue weighted by Gasteiger charge is 2.23. The lowest BCUT2D eigenvalue weighted by molar-refractivity contribution is 0.101. The molecule has 0 heterocycles. The summed E-state index contributed by atoms with van der Waals surface area (Å²) in [6, 6.07) is 7.34. The molecule has 0 aliphatic rings. The van der Waals surface area contributed by atoms with Crippen molar-refractivity contribution in [3.05, 3.63) is 57.3 Å². The van der Waals surface area contributed by atoms with Crippen LogP contribution in [0.5, 0.6) is 5.75 Å². The number of ketones is 1. The summed E-state index contributed by atoms with van der Waals surface area (Å²) >= 11 is 8.76. The Hall–Kier alpha value is -1.44. The summed E-state index contributed by atoms with van der Waals surface area (Å²) in [5, 5.41) is 0.0597. The second kappa shape index (κ2) is 6.36. The van der Waals surface area contributed by atoms with Crippen LogP contribution in [0.4, 0.5) is 4.39 Å². The highest BCUT2D eigenvalue weighted by atomic mass is 79.9. The molecule has 0 amide bonds. The average Bonchev–Trinajstić information content (AvgIpc) is 2.39. The predicted octanol–water partition coefficient (Wildman–Crippen LogP) is 4.21. The van der Waals surface area contributed by atoms with Gasteiger partial charge >= 0.3 is 10.1 Å². The van der Waals surface area contributed by atoms with E-state index < -0.39 is 20.8 Å². The Morgan fingerprint density at radius 1 is 1.23 bits per heavy atom. The van der Waals surface area contributed by atoms with E-state index in [2.05, 4.69) is 15.9 Å². The molecule has 0 N–H and O–H groups in total. The van der Waals surface area contributed by atoms with Crippen molar-refractivity contribution in [3.63, 3.8) is 0 Å². The highest BCUT2D eigenvalue weighted by Crippen LogP contribution is 2.28. The Balaban J connectivity index is 2.47. The van der Waals surface area contributed by atoms with Gasteiger partial charge in [-0.25, -0.2) is 4.39 Å². The van der Waals surface area contributed by atoms with Crippen LogP contribution < -0.4 is 4.18 Å². The third-order valence-electron chi connectivity index (χ3n) is 2.68. The first-order chi connectivity index (χ1) is 10.2. The molecule has 0 unspecified atom stereocenters. The standard InChI is InChI=1S/C14H9BrClFO4S/c1-8(18)11-6-9(15)2-4-13(11)21-22(19,20)14-5-3-10(16)7-12(14)17/h2-7H,1H3. The van der Waals surface area contributed by atoms with Gasteiger partial charge in [-0.2, -0.15) is 8.42 Å². The molecule has 0 aliphatic carbocycles. The second-order valence-electron chi connectivity index (χ2n) is 4.31. The number of rotatable bonds is 4. The van der Waals surface area contributed by atoms with Gasteiger partial charge in [0, 0.05) is 9.50 Å². The van der Waals surface area contributed by atoms with E-state index >= 15 is 0 Å². The van der Waals surface area contributed by atoms with Crippen molar-refractivity contribution < 1.29 is 21.8 Å². The zero-order valence-corrected chi connectivity index (χ0v) is 14.3. The monoisotopic (exact) mass is 406 g/mol. The Morgan fingerprint density at radius 2 is 1.91 bits per heavy atom. The molecule has 2 rings (SSSR count). The average molecular weight is 408 g/mol. The second-order valence-corrected chi connectivity index (χ2v) is 7.18. The molecule has 22 heavy (non-hydrogen) atoms. The molecule has 116 valence electrons. The van der Waals surface area contributed by atoms with Gasteiger partial charge in [-0.05, 0) is 43.3 Å². The molecule has 2 aromatic carbocycles. The molecule has 0 spiro atoms. The van der Waals surface area contributed by atoms with E-state index in [1.807, 2.05) is 0 Å². The fraction of sp³-hybridized carbons (Fsp3) is 0.0714. The van der Waals surface area contributed by atoms with E-state index in [0.29, 0.717) is 4.47 Å². The molecule has 0 aromatic heterocycles. The van der Waals surface area contributed by atoms with Crippen LogP contribution in [0.2, 0.25) is 5.02 Å². The minimum atomic E-state index is -4.43. The van der Waals surface area contributed by atoms with Gasteiger partial charge in [-0.15, -0.1) is 0 Å². The molecular formula is C14H9BrClFO4S. The maximum absolute atomic E-state index is 13.8. The summed E-state index contributed by atoms with van der Waals surface area (Å²) in [5.41, 5.74) is 0.0623. The van der Waals surface area contributed by atoms with Crippen molar-refractivity contribution in [1.82, 2.24) is 0 Å². The lowest BCUT2D eigenvalue weighted by atomic mass is 10.1. The van der Waals surface area contributed by atoms with E-state index in [1.165, 1.54) is 31.2 Å². The number of carbonyl (C=O) groups excluding carboxylic acids is 1. The minimum Gasteiger partial charge on any atom is -0.378 e. The van der Waals surface area contributed by atoms with Gasteiger partial charge in [0.25, 0.3) is 0 Å². The van der Waals surface area contributed by atoms with E-state index in [9.17, 15) is 17.6 Å². The summed E-state index contributed by atoms with van der Waals surface area (Å²) in [6.07, 6.45) is 0. The van der Waals surface area contributed by atoms with Crippen molar-refractivity contribution in [1.29, 1.82) is 0 Å². The first kappa shape index (κ1) is 16.9. The zero-order valence-electron chi connectivity index (χ0n) is 11.1. The topological polar surface area (TPSA) is 60.4 Å². The number of hydrogen-bond acceptors (Lipinski definition) is 4. The molecule has 4 nitrogen and oxygen atoms in total. The van der Waals surface area contributed by atoms with Crippen molar-refractivity contribution in [3.8, 4) is 5.75 Å². The van der Waals surface area contributed by atoms with Crippen molar-refractivity contribution in [2.75, 3.05) is 0 Å². The summed E-state index contributed by atoms with van der Waals surface area (Å²) in [4.78, 5) is 10.9.